The van der Waals surface area contributed by atoms with Gasteiger partial charge in [-0.3, -0.25) is 18.8 Å². The Hall–Kier alpha value is -3.17. The molecule has 1 N–H and O–H groups in total. The van der Waals surface area contributed by atoms with Crippen molar-refractivity contribution in [3.63, 3.8) is 0 Å². The monoisotopic (exact) mass is 375 g/mol. The first-order valence-corrected chi connectivity index (χ1v) is 8.65. The molecular formula is C17H21N5O5. The smallest absolute Gasteiger partial charge is 0.350 e. The van der Waals surface area contributed by atoms with E-state index in [-0.39, 0.29) is 25.5 Å². The molecule has 0 radical (unpaired) electrons. The molecule has 1 unspecified atom stereocenters. The summed E-state index contributed by atoms with van der Waals surface area (Å²) in [5.41, 5.74) is 0.000987. The standard InChI is InChI=1S/C17H21N5O5/c1-19(10-15(24)20-7-4-5-12(9-20)16(25)26)14(23)11-22-17(27)21-8-3-2-6-13(21)18-22/h2-3,6,8,12H,4-5,7,9-11H2,1H3,(H,25,26). The average Bonchev–Trinajstić information content (AvgIpc) is 2.97. The van der Waals surface area contributed by atoms with E-state index in [0.29, 0.717) is 25.0 Å². The third-order valence-corrected chi connectivity index (χ3v) is 4.69. The third-order valence-electron chi connectivity index (χ3n) is 4.69. The normalized spacial score (nSPS) is 17.1. The van der Waals surface area contributed by atoms with E-state index in [0.717, 1.165) is 4.68 Å². The Kier molecular flexibility index (Phi) is 5.24. The average molecular weight is 375 g/mol. The molecule has 3 heterocycles. The van der Waals surface area contributed by atoms with Gasteiger partial charge in [-0.05, 0) is 25.0 Å². The van der Waals surface area contributed by atoms with Crippen LogP contribution in [-0.4, -0.2) is 73.6 Å². The van der Waals surface area contributed by atoms with Gasteiger partial charge in [0.2, 0.25) is 11.8 Å². The van der Waals surface area contributed by atoms with Crippen molar-refractivity contribution < 1.29 is 19.5 Å². The summed E-state index contributed by atoms with van der Waals surface area (Å²) in [5.74, 6) is -2.22. The number of likely N-dealkylation sites (tertiary alicyclic amines) is 1. The number of hydrogen-bond donors (Lipinski definition) is 1. The molecule has 0 aliphatic carbocycles. The molecule has 27 heavy (non-hydrogen) atoms. The molecule has 3 rings (SSSR count). The van der Waals surface area contributed by atoms with Crippen LogP contribution in [0.3, 0.4) is 0 Å². The number of likely N-dealkylation sites (N-methyl/N-ethyl adjacent to an activating group) is 1. The van der Waals surface area contributed by atoms with Gasteiger partial charge in [0.1, 0.15) is 6.54 Å². The molecular weight excluding hydrogens is 354 g/mol. The second kappa shape index (κ2) is 7.60. The van der Waals surface area contributed by atoms with Crippen molar-refractivity contribution in [2.45, 2.75) is 19.4 Å². The second-order valence-corrected chi connectivity index (χ2v) is 6.64. The molecule has 0 saturated carbocycles. The van der Waals surface area contributed by atoms with Crippen molar-refractivity contribution >= 4 is 23.4 Å². The number of carboxylic acid groups (broad SMARTS) is 1. The predicted octanol–water partition coefficient (Wildman–Crippen LogP) is -0.722. The van der Waals surface area contributed by atoms with Crippen LogP contribution in [0.4, 0.5) is 0 Å². The van der Waals surface area contributed by atoms with Crippen LogP contribution in [0.15, 0.2) is 29.2 Å². The highest BCUT2D eigenvalue weighted by Crippen LogP contribution is 2.16. The first-order valence-electron chi connectivity index (χ1n) is 8.65. The number of amides is 2. The van der Waals surface area contributed by atoms with Crippen LogP contribution >= 0.6 is 0 Å². The Morgan fingerprint density at radius 2 is 2.11 bits per heavy atom. The number of hydrogen-bond acceptors (Lipinski definition) is 5. The Labute approximate surface area is 154 Å². The van der Waals surface area contributed by atoms with Crippen molar-refractivity contribution in [1.82, 2.24) is 24.0 Å². The lowest BCUT2D eigenvalue weighted by molar-refractivity contribution is -0.147. The van der Waals surface area contributed by atoms with E-state index in [1.54, 1.807) is 24.4 Å². The van der Waals surface area contributed by atoms with Gasteiger partial charge in [-0.15, -0.1) is 5.10 Å². The highest BCUT2D eigenvalue weighted by Gasteiger charge is 2.29. The van der Waals surface area contributed by atoms with Crippen molar-refractivity contribution in [2.75, 3.05) is 26.7 Å². The largest absolute Gasteiger partial charge is 0.481 e. The molecule has 10 heteroatoms. The fourth-order valence-corrected chi connectivity index (χ4v) is 3.12. The number of aliphatic carboxylic acids is 1. The lowest BCUT2D eigenvalue weighted by Crippen LogP contribution is -2.47. The number of carboxylic acids is 1. The number of nitrogens with zero attached hydrogens (tertiary/aromatic N) is 5. The number of pyridine rings is 1. The van der Waals surface area contributed by atoms with Gasteiger partial charge in [-0.1, -0.05) is 6.07 Å². The number of piperidine rings is 1. The molecule has 1 aliphatic rings. The quantitative estimate of drug-likeness (QED) is 0.737. The number of fused-ring (bicyclic) bond motifs is 1. The van der Waals surface area contributed by atoms with Gasteiger partial charge in [0.05, 0.1) is 12.5 Å². The third kappa shape index (κ3) is 3.99. The summed E-state index contributed by atoms with van der Waals surface area (Å²) in [7, 11) is 1.47. The maximum atomic E-state index is 12.4. The number of carbonyl (C=O) groups excluding carboxylic acids is 2. The highest BCUT2D eigenvalue weighted by atomic mass is 16.4. The van der Waals surface area contributed by atoms with Crippen LogP contribution < -0.4 is 5.69 Å². The van der Waals surface area contributed by atoms with Crippen LogP contribution in [0.2, 0.25) is 0 Å². The van der Waals surface area contributed by atoms with Crippen molar-refractivity contribution in [3.8, 4) is 0 Å². The summed E-state index contributed by atoms with van der Waals surface area (Å²) in [4.78, 5) is 50.8. The van der Waals surface area contributed by atoms with Gasteiger partial charge < -0.3 is 14.9 Å². The van der Waals surface area contributed by atoms with E-state index in [9.17, 15) is 19.2 Å². The molecule has 1 aliphatic heterocycles. The minimum atomic E-state index is -0.914. The molecule has 1 saturated heterocycles. The zero-order valence-corrected chi connectivity index (χ0v) is 14.9. The zero-order valence-electron chi connectivity index (χ0n) is 14.9. The van der Waals surface area contributed by atoms with Crippen LogP contribution in [0.5, 0.6) is 0 Å². The van der Waals surface area contributed by atoms with Crippen LogP contribution in [-0.2, 0) is 20.9 Å². The Balaban J connectivity index is 1.61. The summed E-state index contributed by atoms with van der Waals surface area (Å²) < 4.78 is 2.39. The number of aromatic nitrogens is 3. The Bertz CT molecular complexity index is 933. The SMILES string of the molecule is CN(CC(=O)N1CCCC(C(=O)O)C1)C(=O)Cn1nc2ccccn2c1=O. The number of carbonyl (C=O) groups is 3. The fourth-order valence-electron chi connectivity index (χ4n) is 3.12. The van der Waals surface area contributed by atoms with Gasteiger partial charge in [-0.2, -0.15) is 0 Å². The summed E-state index contributed by atoms with van der Waals surface area (Å²) in [6.45, 7) is 0.188. The first kappa shape index (κ1) is 18.6. The molecule has 10 nitrogen and oxygen atoms in total. The van der Waals surface area contributed by atoms with Crippen molar-refractivity contribution in [1.29, 1.82) is 0 Å². The molecule has 0 bridgehead atoms. The molecule has 2 aromatic rings. The van der Waals surface area contributed by atoms with E-state index < -0.39 is 23.5 Å². The molecule has 2 aromatic heterocycles. The maximum absolute atomic E-state index is 12.4. The lowest BCUT2D eigenvalue weighted by Gasteiger charge is -2.32. The highest BCUT2D eigenvalue weighted by molar-refractivity contribution is 5.85. The minimum Gasteiger partial charge on any atom is -0.481 e. The number of rotatable bonds is 5. The van der Waals surface area contributed by atoms with Crippen LogP contribution in [0.1, 0.15) is 12.8 Å². The van der Waals surface area contributed by atoms with Crippen LogP contribution in [0.25, 0.3) is 5.65 Å². The topological polar surface area (TPSA) is 117 Å². The molecule has 0 aromatic carbocycles. The van der Waals surface area contributed by atoms with Crippen molar-refractivity contribution in [3.05, 3.63) is 34.9 Å². The summed E-state index contributed by atoms with van der Waals surface area (Å²) in [5, 5.41) is 13.2. The molecule has 0 spiro atoms. The van der Waals surface area contributed by atoms with E-state index >= 15 is 0 Å². The van der Waals surface area contributed by atoms with Gasteiger partial charge >= 0.3 is 11.7 Å². The van der Waals surface area contributed by atoms with E-state index in [2.05, 4.69) is 5.10 Å². The summed E-state index contributed by atoms with van der Waals surface area (Å²) in [6.07, 6.45) is 2.73. The second-order valence-electron chi connectivity index (χ2n) is 6.64. The summed E-state index contributed by atoms with van der Waals surface area (Å²) in [6, 6.07) is 5.09. The van der Waals surface area contributed by atoms with E-state index in [1.165, 1.54) is 21.2 Å². The van der Waals surface area contributed by atoms with E-state index in [4.69, 9.17) is 5.11 Å². The predicted molar refractivity (Wildman–Crippen MR) is 94.0 cm³/mol. The molecule has 2 amide bonds. The minimum absolute atomic E-state index is 0.155. The fraction of sp³-hybridized carbons (Fsp3) is 0.471. The van der Waals surface area contributed by atoms with Gasteiger partial charge in [-0.25, -0.2) is 9.48 Å². The summed E-state index contributed by atoms with van der Waals surface area (Å²) >= 11 is 0. The van der Waals surface area contributed by atoms with Gasteiger partial charge in [0, 0.05) is 26.3 Å². The van der Waals surface area contributed by atoms with Crippen LogP contribution in [0, 0.1) is 5.92 Å². The van der Waals surface area contributed by atoms with E-state index in [1.807, 2.05) is 0 Å². The molecule has 1 atom stereocenters. The molecule has 1 fully saturated rings. The Morgan fingerprint density at radius 3 is 2.81 bits per heavy atom. The molecule has 144 valence electrons. The van der Waals surface area contributed by atoms with Gasteiger partial charge in [0.15, 0.2) is 5.65 Å². The Morgan fingerprint density at radius 1 is 1.33 bits per heavy atom. The zero-order chi connectivity index (χ0) is 19.6. The first-order chi connectivity index (χ1) is 12.9. The van der Waals surface area contributed by atoms with Gasteiger partial charge in [0.25, 0.3) is 0 Å². The lowest BCUT2D eigenvalue weighted by atomic mass is 9.98. The maximum Gasteiger partial charge on any atom is 0.350 e. The van der Waals surface area contributed by atoms with Crippen molar-refractivity contribution in [2.24, 2.45) is 5.92 Å².